The van der Waals surface area contributed by atoms with Crippen LogP contribution in [0.15, 0.2) is 24.3 Å². The number of alkyl halides is 3. The van der Waals surface area contributed by atoms with Gasteiger partial charge in [0.05, 0.1) is 12.8 Å². The molecule has 0 aliphatic heterocycles. The molecule has 1 aromatic carbocycles. The number of nitrogens with one attached hydrogen (secondary N) is 3. The number of unbranched alkanes of at least 4 members (excludes halogenated alkanes) is 10. The first kappa shape index (κ1) is 30.1. The third-order valence-electron chi connectivity index (χ3n) is 5.27. The molecule has 1 atom stereocenters. The van der Waals surface area contributed by atoms with Crippen molar-refractivity contribution >= 4 is 63.7 Å². The van der Waals surface area contributed by atoms with Gasteiger partial charge in [0.15, 0.2) is 5.11 Å². The fraction of sp³-hybridized carbons (Fsp3) is 0.667. The van der Waals surface area contributed by atoms with Gasteiger partial charge in [-0.2, -0.15) is 0 Å². The van der Waals surface area contributed by atoms with Crippen molar-refractivity contribution in [1.29, 1.82) is 0 Å². The summed E-state index contributed by atoms with van der Waals surface area (Å²) in [6, 6.07) is 7.30. The third kappa shape index (κ3) is 14.1. The molecule has 0 bridgehead atoms. The number of halogens is 3. The van der Waals surface area contributed by atoms with Gasteiger partial charge in [0.2, 0.25) is 9.70 Å². The molecule has 0 unspecified atom stereocenters. The molecule has 3 N–H and O–H groups in total. The monoisotopic (exact) mass is 537 g/mol. The van der Waals surface area contributed by atoms with Crippen molar-refractivity contribution in [1.82, 2.24) is 10.6 Å². The molecule has 9 heteroatoms. The number of thiocarbonyl (C=S) groups is 1. The number of rotatable bonds is 16. The predicted octanol–water partition coefficient (Wildman–Crippen LogP) is 7.50. The largest absolute Gasteiger partial charge is 0.495 e. The highest BCUT2D eigenvalue weighted by molar-refractivity contribution is 7.80. The van der Waals surface area contributed by atoms with Crippen LogP contribution in [0.25, 0.3) is 0 Å². The lowest BCUT2D eigenvalue weighted by Gasteiger charge is -2.28. The van der Waals surface area contributed by atoms with Gasteiger partial charge in [0.1, 0.15) is 11.9 Å². The fourth-order valence-corrected chi connectivity index (χ4v) is 3.98. The molecule has 0 aliphatic carbocycles. The standard InChI is InChI=1S/C24H38Cl3N3O2S/c1-3-4-5-6-7-8-9-10-11-12-13-18-21(31)29-22(24(25,26)27)30-23(33)28-19-16-14-15-17-20(19)32-2/h14-17,22H,3-13,18H2,1-2H3,(H,29,31)(H2,28,30,33)/t22-/m1/s1. The zero-order chi connectivity index (χ0) is 24.5. The summed E-state index contributed by atoms with van der Waals surface area (Å²) in [5.41, 5.74) is 0.660. The number of hydrogen-bond acceptors (Lipinski definition) is 3. The van der Waals surface area contributed by atoms with E-state index in [1.54, 1.807) is 13.2 Å². The molecule has 0 radical (unpaired) electrons. The quantitative estimate of drug-likeness (QED) is 0.0880. The van der Waals surface area contributed by atoms with Crippen LogP contribution in [-0.4, -0.2) is 28.1 Å². The molecular weight excluding hydrogens is 501 g/mol. The summed E-state index contributed by atoms with van der Waals surface area (Å²) in [4.78, 5) is 12.4. The first-order valence-corrected chi connectivity index (χ1v) is 13.4. The van der Waals surface area contributed by atoms with Gasteiger partial charge in [0, 0.05) is 6.42 Å². The predicted molar refractivity (Wildman–Crippen MR) is 146 cm³/mol. The maximum absolute atomic E-state index is 12.4. The van der Waals surface area contributed by atoms with Crippen LogP contribution in [0.4, 0.5) is 5.69 Å². The van der Waals surface area contributed by atoms with Gasteiger partial charge in [-0.1, -0.05) is 118 Å². The van der Waals surface area contributed by atoms with Crippen molar-refractivity contribution in [3.05, 3.63) is 24.3 Å². The molecule has 188 valence electrons. The van der Waals surface area contributed by atoms with Crippen LogP contribution in [0.3, 0.4) is 0 Å². The number of para-hydroxylation sites is 2. The van der Waals surface area contributed by atoms with E-state index in [0.29, 0.717) is 17.9 Å². The van der Waals surface area contributed by atoms with Crippen molar-refractivity contribution in [2.75, 3.05) is 12.4 Å². The summed E-state index contributed by atoms with van der Waals surface area (Å²) in [6.45, 7) is 2.24. The molecular formula is C24H38Cl3N3O2S. The van der Waals surface area contributed by atoms with Crippen LogP contribution < -0.4 is 20.7 Å². The van der Waals surface area contributed by atoms with E-state index in [1.807, 2.05) is 18.2 Å². The average molecular weight is 539 g/mol. The smallest absolute Gasteiger partial charge is 0.228 e. The van der Waals surface area contributed by atoms with Crippen LogP contribution in [0.1, 0.15) is 84.0 Å². The lowest BCUT2D eigenvalue weighted by Crippen LogP contribution is -2.56. The normalized spacial score (nSPS) is 12.2. The molecule has 0 aromatic heterocycles. The minimum Gasteiger partial charge on any atom is -0.495 e. The molecule has 33 heavy (non-hydrogen) atoms. The Morgan fingerprint density at radius 3 is 2.03 bits per heavy atom. The Hall–Kier alpha value is -0.950. The molecule has 1 amide bonds. The summed E-state index contributed by atoms with van der Waals surface area (Å²) < 4.78 is 3.51. The number of methoxy groups -OCH3 is 1. The lowest BCUT2D eigenvalue weighted by molar-refractivity contribution is -0.122. The zero-order valence-electron chi connectivity index (χ0n) is 19.7. The highest BCUT2D eigenvalue weighted by atomic mass is 35.6. The number of anilines is 1. The maximum atomic E-state index is 12.4. The fourth-order valence-electron chi connectivity index (χ4n) is 3.42. The molecule has 0 heterocycles. The van der Waals surface area contributed by atoms with Crippen LogP contribution in [0.2, 0.25) is 0 Å². The Bertz CT molecular complexity index is 702. The van der Waals surface area contributed by atoms with Crippen molar-refractivity contribution in [2.45, 2.75) is 93.9 Å². The van der Waals surface area contributed by atoms with E-state index >= 15 is 0 Å². The molecule has 0 saturated heterocycles. The molecule has 0 saturated carbocycles. The topological polar surface area (TPSA) is 62.4 Å². The first-order chi connectivity index (χ1) is 15.8. The van der Waals surface area contributed by atoms with E-state index in [-0.39, 0.29) is 11.0 Å². The number of carbonyl (C=O) groups is 1. The van der Waals surface area contributed by atoms with Gasteiger partial charge in [0.25, 0.3) is 0 Å². The zero-order valence-corrected chi connectivity index (χ0v) is 22.8. The van der Waals surface area contributed by atoms with Gasteiger partial charge >= 0.3 is 0 Å². The third-order valence-corrected chi connectivity index (χ3v) is 6.15. The van der Waals surface area contributed by atoms with Gasteiger partial charge in [-0.3, -0.25) is 4.79 Å². The Morgan fingerprint density at radius 2 is 1.48 bits per heavy atom. The van der Waals surface area contributed by atoms with Crippen LogP contribution in [0, 0.1) is 0 Å². The molecule has 1 rings (SSSR count). The highest BCUT2D eigenvalue weighted by Crippen LogP contribution is 2.29. The Balaban J connectivity index is 2.31. The summed E-state index contributed by atoms with van der Waals surface area (Å²) in [5, 5.41) is 8.80. The number of benzene rings is 1. The summed E-state index contributed by atoms with van der Waals surface area (Å²) in [7, 11) is 1.57. The second-order valence-electron chi connectivity index (χ2n) is 8.13. The number of amides is 1. The molecule has 0 fully saturated rings. The van der Waals surface area contributed by atoms with Crippen molar-refractivity contribution in [3.8, 4) is 5.75 Å². The van der Waals surface area contributed by atoms with Gasteiger partial charge in [-0.05, 0) is 30.8 Å². The molecule has 1 aromatic rings. The number of carbonyl (C=O) groups excluding carboxylic acids is 1. The van der Waals surface area contributed by atoms with E-state index < -0.39 is 9.96 Å². The van der Waals surface area contributed by atoms with E-state index in [4.69, 9.17) is 51.8 Å². The first-order valence-electron chi connectivity index (χ1n) is 11.8. The molecule has 5 nitrogen and oxygen atoms in total. The van der Waals surface area contributed by atoms with Crippen LogP contribution in [0.5, 0.6) is 5.75 Å². The SMILES string of the molecule is CCCCCCCCCCCCCC(=O)N[C@H](NC(=S)Nc1ccccc1OC)C(Cl)(Cl)Cl. The summed E-state index contributed by atoms with van der Waals surface area (Å²) in [6.07, 6.45) is 12.8. The second kappa shape index (κ2) is 17.5. The Kier molecular flexibility index (Phi) is 15.9. The second-order valence-corrected chi connectivity index (χ2v) is 10.9. The van der Waals surface area contributed by atoms with Crippen molar-refractivity contribution in [3.63, 3.8) is 0 Å². The van der Waals surface area contributed by atoms with Crippen molar-refractivity contribution < 1.29 is 9.53 Å². The van der Waals surface area contributed by atoms with Gasteiger partial charge in [-0.25, -0.2) is 0 Å². The van der Waals surface area contributed by atoms with Crippen molar-refractivity contribution in [2.24, 2.45) is 0 Å². The molecule has 0 aliphatic rings. The Labute approximate surface area is 219 Å². The maximum Gasteiger partial charge on any atom is 0.228 e. The van der Waals surface area contributed by atoms with Gasteiger partial charge in [-0.15, -0.1) is 0 Å². The highest BCUT2D eigenvalue weighted by Gasteiger charge is 2.34. The summed E-state index contributed by atoms with van der Waals surface area (Å²) >= 11 is 23.5. The number of hydrogen-bond donors (Lipinski definition) is 3. The van der Waals surface area contributed by atoms with Crippen LogP contribution >= 0.6 is 47.0 Å². The minimum atomic E-state index is -1.78. The average Bonchev–Trinajstić information content (AvgIpc) is 2.76. The Morgan fingerprint density at radius 1 is 0.939 bits per heavy atom. The van der Waals surface area contributed by atoms with E-state index in [9.17, 15) is 4.79 Å². The molecule has 0 spiro atoms. The van der Waals surface area contributed by atoms with Gasteiger partial charge < -0.3 is 20.7 Å². The lowest BCUT2D eigenvalue weighted by atomic mass is 10.1. The van der Waals surface area contributed by atoms with E-state index in [0.717, 1.165) is 19.3 Å². The van der Waals surface area contributed by atoms with Crippen LogP contribution in [-0.2, 0) is 4.79 Å². The van der Waals surface area contributed by atoms with E-state index in [2.05, 4.69) is 22.9 Å². The minimum absolute atomic E-state index is 0.185. The van der Waals surface area contributed by atoms with E-state index in [1.165, 1.54) is 51.4 Å². The summed E-state index contributed by atoms with van der Waals surface area (Å²) in [5.74, 6) is 0.433. The number of ether oxygens (including phenoxy) is 1.